The van der Waals surface area contributed by atoms with Crippen molar-refractivity contribution in [2.75, 3.05) is 54.1 Å². The normalized spacial score (nSPS) is 13.6. The number of alkyl halides is 3. The Morgan fingerprint density at radius 3 is 2.33 bits per heavy atom. The number of carbonyl (C=O) groups is 2. The van der Waals surface area contributed by atoms with Gasteiger partial charge in [0.25, 0.3) is 0 Å². The highest BCUT2D eigenvalue weighted by molar-refractivity contribution is 5.84. The van der Waals surface area contributed by atoms with Gasteiger partial charge in [-0.3, -0.25) is 10.1 Å². The van der Waals surface area contributed by atoms with Gasteiger partial charge in [-0.05, 0) is 42.5 Å². The molecule has 2 heterocycles. The standard InChI is InChI=1S/C26H27F3N6O4/c1-16(36)34-10-12-35(13-11-34)19-6-8-21(22(15-19)39-2)32-23-9-7-20(26(27,28)29)24(33-23)30-17-4-3-5-18(14-17)31-25(37)38/h3-9,14-15,31H,10-13H2,1-2H3,(H,37,38)(H2,30,32,33). The topological polar surface area (TPSA) is 119 Å². The molecule has 0 aliphatic carbocycles. The van der Waals surface area contributed by atoms with E-state index < -0.39 is 23.7 Å². The average Bonchev–Trinajstić information content (AvgIpc) is 2.88. The summed E-state index contributed by atoms with van der Waals surface area (Å²) in [6.45, 7) is 4.09. The van der Waals surface area contributed by atoms with Crippen LogP contribution in [0.1, 0.15) is 12.5 Å². The van der Waals surface area contributed by atoms with Crippen molar-refractivity contribution in [3.8, 4) is 5.75 Å². The van der Waals surface area contributed by atoms with Crippen LogP contribution in [0.25, 0.3) is 0 Å². The molecule has 1 fully saturated rings. The first-order valence-corrected chi connectivity index (χ1v) is 11.9. The van der Waals surface area contributed by atoms with Crippen LogP contribution in [0.2, 0.25) is 0 Å². The number of ether oxygens (including phenoxy) is 1. The zero-order valence-electron chi connectivity index (χ0n) is 21.2. The van der Waals surface area contributed by atoms with Crippen LogP contribution >= 0.6 is 0 Å². The number of anilines is 6. The molecule has 0 bridgehead atoms. The van der Waals surface area contributed by atoms with Crippen LogP contribution in [-0.4, -0.2) is 60.3 Å². The fraction of sp³-hybridized carbons (Fsp3) is 0.269. The number of nitrogens with zero attached hydrogens (tertiary/aromatic N) is 3. The van der Waals surface area contributed by atoms with Crippen LogP contribution in [0.5, 0.6) is 5.75 Å². The molecule has 2 aromatic carbocycles. The van der Waals surface area contributed by atoms with Gasteiger partial charge in [0.1, 0.15) is 17.4 Å². The molecule has 1 aliphatic heterocycles. The van der Waals surface area contributed by atoms with Gasteiger partial charge in [0.15, 0.2) is 0 Å². The Balaban J connectivity index is 1.57. The molecule has 3 aromatic rings. The zero-order chi connectivity index (χ0) is 28.2. The number of pyridine rings is 1. The van der Waals surface area contributed by atoms with Gasteiger partial charge >= 0.3 is 12.3 Å². The molecule has 4 N–H and O–H groups in total. The van der Waals surface area contributed by atoms with Crippen molar-refractivity contribution < 1.29 is 32.6 Å². The summed E-state index contributed by atoms with van der Waals surface area (Å²) < 4.78 is 46.7. The quantitative estimate of drug-likeness (QED) is 0.314. The molecule has 1 saturated heterocycles. The summed E-state index contributed by atoms with van der Waals surface area (Å²) in [5, 5.41) is 16.7. The zero-order valence-corrected chi connectivity index (χ0v) is 21.2. The minimum Gasteiger partial charge on any atom is -0.494 e. The third kappa shape index (κ3) is 6.80. The van der Waals surface area contributed by atoms with E-state index in [0.29, 0.717) is 37.6 Å². The Labute approximate surface area is 222 Å². The molecule has 10 nitrogen and oxygen atoms in total. The molecule has 0 spiro atoms. The predicted molar refractivity (Wildman–Crippen MR) is 141 cm³/mol. The second-order valence-corrected chi connectivity index (χ2v) is 8.73. The molecular formula is C26H27F3N6O4. The van der Waals surface area contributed by atoms with Crippen LogP contribution in [0.4, 0.5) is 52.4 Å². The summed E-state index contributed by atoms with van der Waals surface area (Å²) >= 11 is 0. The Hall–Kier alpha value is -4.68. The molecule has 2 amide bonds. The summed E-state index contributed by atoms with van der Waals surface area (Å²) in [4.78, 5) is 30.6. The molecule has 13 heteroatoms. The Morgan fingerprint density at radius 2 is 1.69 bits per heavy atom. The van der Waals surface area contributed by atoms with Gasteiger partial charge in [-0.2, -0.15) is 13.2 Å². The lowest BCUT2D eigenvalue weighted by atomic mass is 10.2. The number of methoxy groups -OCH3 is 1. The number of carbonyl (C=O) groups excluding carboxylic acids is 1. The fourth-order valence-electron chi connectivity index (χ4n) is 4.19. The van der Waals surface area contributed by atoms with E-state index >= 15 is 0 Å². The lowest BCUT2D eigenvalue weighted by molar-refractivity contribution is -0.137. The number of benzene rings is 2. The molecule has 0 atom stereocenters. The van der Waals surface area contributed by atoms with E-state index in [1.54, 1.807) is 17.9 Å². The van der Waals surface area contributed by atoms with Gasteiger partial charge < -0.3 is 30.3 Å². The van der Waals surface area contributed by atoms with Crippen LogP contribution in [-0.2, 0) is 11.0 Å². The summed E-state index contributed by atoms with van der Waals surface area (Å²) in [5.74, 6) is 0.171. The number of amides is 2. The van der Waals surface area contributed by atoms with Crippen molar-refractivity contribution in [3.05, 3.63) is 60.2 Å². The summed E-state index contributed by atoms with van der Waals surface area (Å²) in [6.07, 6.45) is -5.98. The van der Waals surface area contributed by atoms with Crippen LogP contribution in [0.3, 0.4) is 0 Å². The second-order valence-electron chi connectivity index (χ2n) is 8.73. The van der Waals surface area contributed by atoms with Crippen molar-refractivity contribution in [1.82, 2.24) is 9.88 Å². The molecule has 206 valence electrons. The monoisotopic (exact) mass is 544 g/mol. The van der Waals surface area contributed by atoms with Gasteiger partial charge in [0.2, 0.25) is 5.91 Å². The predicted octanol–water partition coefficient (Wildman–Crippen LogP) is 5.35. The van der Waals surface area contributed by atoms with E-state index in [1.165, 1.54) is 37.4 Å². The number of carboxylic acid groups (broad SMARTS) is 1. The van der Waals surface area contributed by atoms with Gasteiger partial charge in [-0.15, -0.1) is 0 Å². The first kappa shape index (κ1) is 27.4. The van der Waals surface area contributed by atoms with Gasteiger partial charge in [0, 0.05) is 56.2 Å². The highest BCUT2D eigenvalue weighted by atomic mass is 19.4. The number of rotatable bonds is 7. The molecular weight excluding hydrogens is 517 g/mol. The molecule has 0 saturated carbocycles. The maximum Gasteiger partial charge on any atom is 0.419 e. The molecule has 4 rings (SSSR count). The fourth-order valence-corrected chi connectivity index (χ4v) is 4.19. The third-order valence-electron chi connectivity index (χ3n) is 6.12. The summed E-state index contributed by atoms with van der Waals surface area (Å²) in [5.41, 5.74) is 0.787. The van der Waals surface area contributed by atoms with Crippen molar-refractivity contribution in [3.63, 3.8) is 0 Å². The van der Waals surface area contributed by atoms with E-state index in [0.717, 1.165) is 11.8 Å². The SMILES string of the molecule is COc1cc(N2CCN(C(C)=O)CC2)ccc1Nc1ccc(C(F)(F)F)c(Nc2cccc(NC(=O)O)c2)n1. The molecule has 1 aliphatic rings. The van der Waals surface area contributed by atoms with E-state index in [4.69, 9.17) is 9.84 Å². The van der Waals surface area contributed by atoms with E-state index in [-0.39, 0.29) is 23.1 Å². The van der Waals surface area contributed by atoms with Crippen LogP contribution in [0.15, 0.2) is 54.6 Å². The number of hydrogen-bond donors (Lipinski definition) is 4. The molecule has 1 aromatic heterocycles. The number of hydrogen-bond acceptors (Lipinski definition) is 7. The van der Waals surface area contributed by atoms with Gasteiger partial charge in [-0.1, -0.05) is 6.07 Å². The summed E-state index contributed by atoms with van der Waals surface area (Å²) in [6, 6.07) is 13.4. The van der Waals surface area contributed by atoms with E-state index in [1.807, 2.05) is 12.1 Å². The van der Waals surface area contributed by atoms with E-state index in [9.17, 15) is 22.8 Å². The smallest absolute Gasteiger partial charge is 0.419 e. The lowest BCUT2D eigenvalue weighted by Gasteiger charge is -2.35. The largest absolute Gasteiger partial charge is 0.494 e. The van der Waals surface area contributed by atoms with Gasteiger partial charge in [-0.25, -0.2) is 9.78 Å². The molecule has 0 radical (unpaired) electrons. The minimum atomic E-state index is -4.68. The Morgan fingerprint density at radius 1 is 0.974 bits per heavy atom. The van der Waals surface area contributed by atoms with Gasteiger partial charge in [0.05, 0.1) is 18.4 Å². The maximum atomic E-state index is 13.7. The number of nitrogens with one attached hydrogen (secondary N) is 3. The average molecular weight is 545 g/mol. The maximum absolute atomic E-state index is 13.7. The lowest BCUT2D eigenvalue weighted by Crippen LogP contribution is -2.48. The second kappa shape index (κ2) is 11.4. The first-order chi connectivity index (χ1) is 18.5. The van der Waals surface area contributed by atoms with Crippen LogP contribution < -0.4 is 25.6 Å². The number of piperazine rings is 1. The molecule has 0 unspecified atom stereocenters. The Kier molecular flexibility index (Phi) is 7.98. The highest BCUT2D eigenvalue weighted by Gasteiger charge is 2.34. The number of halogens is 3. The highest BCUT2D eigenvalue weighted by Crippen LogP contribution is 2.38. The third-order valence-corrected chi connectivity index (χ3v) is 6.12. The van der Waals surface area contributed by atoms with Crippen LogP contribution in [0, 0.1) is 0 Å². The minimum absolute atomic E-state index is 0.0364. The number of aromatic nitrogens is 1. The van der Waals surface area contributed by atoms with Crippen molar-refractivity contribution in [2.45, 2.75) is 13.1 Å². The first-order valence-electron chi connectivity index (χ1n) is 11.9. The van der Waals surface area contributed by atoms with Crippen molar-refractivity contribution in [1.29, 1.82) is 0 Å². The van der Waals surface area contributed by atoms with Crippen molar-refractivity contribution >= 4 is 46.4 Å². The van der Waals surface area contributed by atoms with E-state index in [2.05, 4.69) is 25.8 Å². The summed E-state index contributed by atoms with van der Waals surface area (Å²) in [7, 11) is 1.49. The van der Waals surface area contributed by atoms with Crippen molar-refractivity contribution in [2.24, 2.45) is 0 Å². The Bertz CT molecular complexity index is 1360. The molecule has 39 heavy (non-hydrogen) atoms.